The van der Waals surface area contributed by atoms with Gasteiger partial charge >= 0.3 is 0 Å². The highest BCUT2D eigenvalue weighted by atomic mass is 32.2. The molecule has 3 aromatic carbocycles. The lowest BCUT2D eigenvalue weighted by atomic mass is 9.59. The van der Waals surface area contributed by atoms with Crippen LogP contribution in [-0.4, -0.2) is 102 Å². The highest BCUT2D eigenvalue weighted by Gasteiger charge is 2.50. The molecule has 376 valence electrons. The number of aromatic amines is 1. The van der Waals surface area contributed by atoms with Crippen molar-refractivity contribution in [3.63, 3.8) is 0 Å². The van der Waals surface area contributed by atoms with Crippen molar-refractivity contribution in [1.82, 2.24) is 19.6 Å². The number of carbonyl (C=O) groups excluding carboxylic acids is 1. The number of H-pyrrole nitrogens is 1. The summed E-state index contributed by atoms with van der Waals surface area (Å²) in [5.74, 6) is 0.0395. The number of rotatable bonds is 13. The zero-order valence-corrected chi connectivity index (χ0v) is 41.3. The van der Waals surface area contributed by atoms with Crippen LogP contribution in [0.25, 0.3) is 11.0 Å². The second kappa shape index (κ2) is 18.6. The third kappa shape index (κ3) is 9.39. The molecule has 3 saturated heterocycles. The summed E-state index contributed by atoms with van der Waals surface area (Å²) in [4.78, 5) is 38.5. The molecule has 4 aliphatic heterocycles. The lowest BCUT2D eigenvalue weighted by Crippen LogP contribution is -2.54. The molecule has 2 atom stereocenters. The molecule has 71 heavy (non-hydrogen) atoms. The lowest BCUT2D eigenvalue weighted by molar-refractivity contribution is -0.384. The Morgan fingerprint density at radius 1 is 0.972 bits per heavy atom. The van der Waals surface area contributed by atoms with Crippen LogP contribution in [0, 0.1) is 21.4 Å². The minimum Gasteiger partial charge on any atom is -0.489 e. The number of piperidine rings is 1. The van der Waals surface area contributed by atoms with Gasteiger partial charge in [-0.15, -0.1) is 0 Å². The smallest absolute Gasteiger partial charge is 0.297 e. The van der Waals surface area contributed by atoms with Crippen LogP contribution >= 0.6 is 0 Å². The van der Waals surface area contributed by atoms with Crippen molar-refractivity contribution in [2.45, 2.75) is 126 Å². The van der Waals surface area contributed by atoms with Gasteiger partial charge in [0.1, 0.15) is 24.1 Å². The topological polar surface area (TPSA) is 211 Å². The van der Waals surface area contributed by atoms with Crippen molar-refractivity contribution in [3.05, 3.63) is 99.7 Å². The van der Waals surface area contributed by atoms with Gasteiger partial charge in [0.25, 0.3) is 27.5 Å². The fourth-order valence-corrected chi connectivity index (χ4v) is 13.1. The Morgan fingerprint density at radius 3 is 2.48 bits per heavy atom. The lowest BCUT2D eigenvalue weighted by Gasteiger charge is -2.56. The van der Waals surface area contributed by atoms with E-state index in [0.29, 0.717) is 62.5 Å². The Bertz CT molecular complexity index is 2950. The van der Waals surface area contributed by atoms with Gasteiger partial charge in [0.15, 0.2) is 17.2 Å². The van der Waals surface area contributed by atoms with Gasteiger partial charge in [-0.2, -0.15) is 4.98 Å². The minimum atomic E-state index is -4.72. The van der Waals surface area contributed by atoms with Crippen molar-refractivity contribution in [2.75, 3.05) is 49.7 Å². The first kappa shape index (κ1) is 47.4. The van der Waals surface area contributed by atoms with E-state index >= 15 is 0 Å². The second-order valence-electron chi connectivity index (χ2n) is 21.4. The number of nitrogens with one attached hydrogen (secondary N) is 3. The summed E-state index contributed by atoms with van der Waals surface area (Å²) in [6, 6.07) is 20.6. The molecule has 0 radical (unpaired) electrons. The summed E-state index contributed by atoms with van der Waals surface area (Å²) in [6.45, 7) is 10.0. The van der Waals surface area contributed by atoms with Crippen LogP contribution in [0.4, 0.5) is 17.1 Å². The molecule has 1 amide bonds. The number of ether oxygens (including phenoxy) is 4. The maximum absolute atomic E-state index is 14.4. The molecule has 2 aromatic heterocycles. The van der Waals surface area contributed by atoms with Crippen molar-refractivity contribution >= 4 is 44.0 Å². The number of benzene rings is 3. The van der Waals surface area contributed by atoms with Gasteiger partial charge in [0.05, 0.1) is 40.2 Å². The Kier molecular flexibility index (Phi) is 12.4. The molecule has 17 nitrogen and oxygen atoms in total. The Morgan fingerprint density at radius 2 is 1.75 bits per heavy atom. The number of carbonyl (C=O) groups is 1. The molecule has 18 heteroatoms. The van der Waals surface area contributed by atoms with Crippen LogP contribution in [0.5, 0.6) is 23.1 Å². The molecule has 6 heterocycles. The van der Waals surface area contributed by atoms with Crippen LogP contribution in [0.3, 0.4) is 0 Å². The van der Waals surface area contributed by atoms with Gasteiger partial charge in [0.2, 0.25) is 0 Å². The number of amides is 1. The summed E-state index contributed by atoms with van der Waals surface area (Å²) in [7, 11) is -4.72. The number of anilines is 2. The van der Waals surface area contributed by atoms with Crippen LogP contribution < -0.4 is 29.1 Å². The normalized spacial score (nSPS) is 24.7. The fourth-order valence-electron chi connectivity index (χ4n) is 12.1. The average molecular weight is 990 g/mol. The van der Waals surface area contributed by atoms with Crippen LogP contribution in [0.2, 0.25) is 0 Å². The van der Waals surface area contributed by atoms with Gasteiger partial charge in [-0.3, -0.25) is 19.8 Å². The van der Waals surface area contributed by atoms with E-state index < -0.39 is 37.0 Å². The van der Waals surface area contributed by atoms with Crippen LogP contribution in [-0.2, 0) is 14.8 Å². The molecule has 2 aliphatic carbocycles. The molecule has 0 bridgehead atoms. The third-order valence-corrected chi connectivity index (χ3v) is 17.6. The quantitative estimate of drug-likeness (QED) is 0.0641. The van der Waals surface area contributed by atoms with Gasteiger partial charge in [0, 0.05) is 60.6 Å². The van der Waals surface area contributed by atoms with E-state index in [1.165, 1.54) is 42.9 Å². The summed E-state index contributed by atoms with van der Waals surface area (Å²) in [5, 5.41) is 27.0. The molecule has 11 rings (SSSR count). The van der Waals surface area contributed by atoms with Crippen LogP contribution in [0.15, 0.2) is 77.8 Å². The third-order valence-electron chi connectivity index (χ3n) is 16.3. The number of fused-ring (bicyclic) bond motifs is 2. The van der Waals surface area contributed by atoms with Crippen molar-refractivity contribution in [3.8, 4) is 23.1 Å². The van der Waals surface area contributed by atoms with Gasteiger partial charge in [-0.1, -0.05) is 38.1 Å². The van der Waals surface area contributed by atoms with Crippen molar-refractivity contribution in [2.24, 2.45) is 11.3 Å². The Labute approximate surface area is 413 Å². The Balaban J connectivity index is 0.837. The highest BCUT2D eigenvalue weighted by Crippen LogP contribution is 2.54. The Hall–Kier alpha value is -5.95. The number of pyridine rings is 1. The monoisotopic (exact) mass is 989 g/mol. The van der Waals surface area contributed by atoms with E-state index in [9.17, 15) is 28.4 Å². The van der Waals surface area contributed by atoms with Gasteiger partial charge in [-0.05, 0) is 130 Å². The van der Waals surface area contributed by atoms with E-state index in [0.717, 1.165) is 49.6 Å². The summed E-state index contributed by atoms with van der Waals surface area (Å²) in [5.41, 5.74) is 3.32. The van der Waals surface area contributed by atoms with E-state index in [1.54, 1.807) is 37.4 Å². The maximum atomic E-state index is 14.4. The molecule has 6 aliphatic rings. The zero-order valence-electron chi connectivity index (χ0n) is 40.5. The molecular formula is C53H63N7O10S. The van der Waals surface area contributed by atoms with Gasteiger partial charge < -0.3 is 39.3 Å². The van der Waals surface area contributed by atoms with Crippen molar-refractivity contribution < 1.29 is 42.2 Å². The van der Waals surface area contributed by atoms with E-state index in [1.807, 2.05) is 6.07 Å². The SMILES string of the molecule is CC(C)c1ccccc1[C@@H]1CCCN1C1CC2(CCN(c3ccc(C(=O)NS(=O)(=O)c4cc5c(c([N+](=O)[O-])c4)N[C@@H](C4CCC(C)(O)CC4)CO5)c(Oc4cc5cc[nH]c5nc4OC4COC4)c3)CC2)C1. The number of aliphatic hydroxyl groups is 1. The predicted molar refractivity (Wildman–Crippen MR) is 267 cm³/mol. The molecule has 4 N–H and O–H groups in total. The number of hydrogen-bond acceptors (Lipinski definition) is 14. The van der Waals surface area contributed by atoms with Crippen molar-refractivity contribution in [1.29, 1.82) is 0 Å². The maximum Gasteiger partial charge on any atom is 0.297 e. The number of likely N-dealkylation sites (tertiary alicyclic amines) is 1. The second-order valence-corrected chi connectivity index (χ2v) is 23.1. The number of nitro groups is 1. The predicted octanol–water partition coefficient (Wildman–Crippen LogP) is 8.98. The van der Waals surface area contributed by atoms with Crippen LogP contribution in [0.1, 0.15) is 118 Å². The molecule has 0 unspecified atom stereocenters. The number of nitro benzene ring substituents is 1. The van der Waals surface area contributed by atoms with E-state index in [2.05, 4.69) is 67.9 Å². The molecular weight excluding hydrogens is 927 g/mol. The standard InChI is InChI=1S/C53H63N7O10S/c1-32(2)39-7-4-5-8-40(39)43-9-6-20-59(43)36-27-53(28-36)17-21-58(22-18-53)35-10-11-41(45(24-35)70-47-23-34-14-19-54-49(34)56-51(47)69-37-29-67-30-37)50(61)57-71(65,66)38-25-44(60(63)64)48-46(26-38)68-31-42(55-48)33-12-15-52(3,62)16-13-33/h4-5,7-8,10-11,14,19,23-26,32-33,36-37,42-43,55,62H,6,9,12-13,15-18,20-22,27-31H2,1-3H3,(H,54,56)(H,57,61)/t33?,42-,43+,52?/m1/s1. The first-order valence-corrected chi connectivity index (χ1v) is 26.7. The number of nitrogens with zero attached hydrogens (tertiary/aromatic N) is 4. The number of sulfonamides is 1. The van der Waals surface area contributed by atoms with E-state index in [4.69, 9.17) is 18.9 Å². The summed E-state index contributed by atoms with van der Waals surface area (Å²) in [6.07, 6.45) is 10.9. The minimum absolute atomic E-state index is 0.00937. The molecule has 5 aromatic rings. The first-order chi connectivity index (χ1) is 34.1. The largest absolute Gasteiger partial charge is 0.489 e. The molecule has 2 saturated carbocycles. The molecule has 1 spiro atoms. The van der Waals surface area contributed by atoms with Gasteiger partial charge in [-0.25, -0.2) is 13.1 Å². The zero-order chi connectivity index (χ0) is 49.2. The number of hydrogen-bond donors (Lipinski definition) is 4. The fraction of sp³-hybridized carbons (Fsp3) is 0.509. The average Bonchev–Trinajstić information content (AvgIpc) is 4.01. The number of aromatic nitrogens is 2. The molecule has 5 fully saturated rings. The van der Waals surface area contributed by atoms with E-state index in [-0.39, 0.29) is 64.5 Å². The summed E-state index contributed by atoms with van der Waals surface area (Å²) >= 11 is 0. The highest BCUT2D eigenvalue weighted by molar-refractivity contribution is 7.90. The first-order valence-electron chi connectivity index (χ1n) is 25.3. The summed E-state index contributed by atoms with van der Waals surface area (Å²) < 4.78 is 54.6.